The number of aliphatic hydroxyl groups is 1. The van der Waals surface area contributed by atoms with Gasteiger partial charge in [-0.2, -0.15) is 18.2 Å². The zero-order chi connectivity index (χ0) is 18.8. The molecule has 3 aliphatic rings. The largest absolute Gasteiger partial charge is 0.481 e. The van der Waals surface area contributed by atoms with Gasteiger partial charge in [0.15, 0.2) is 5.69 Å². The number of alkyl halides is 3. The third-order valence-electron chi connectivity index (χ3n) is 5.79. The van der Waals surface area contributed by atoms with Gasteiger partial charge in [0.2, 0.25) is 5.95 Å². The lowest BCUT2D eigenvalue weighted by atomic mass is 10.0. The molecule has 0 spiro atoms. The lowest BCUT2D eigenvalue weighted by Crippen LogP contribution is -2.59. The number of nitrogens with zero attached hydrogens (tertiary/aromatic N) is 4. The number of aliphatic hydroxyl groups excluding tert-OH is 1. The molecule has 1 aliphatic carbocycles. The van der Waals surface area contributed by atoms with Gasteiger partial charge in [0.25, 0.3) is 0 Å². The molecule has 1 aromatic rings. The molecular formula is C16H19F3N4O3. The van der Waals surface area contributed by atoms with Gasteiger partial charge in [-0.25, -0.2) is 4.98 Å². The lowest BCUT2D eigenvalue weighted by Gasteiger charge is -2.43. The Hall–Kier alpha value is -2.10. The molecule has 7 nitrogen and oxygen atoms in total. The summed E-state index contributed by atoms with van der Waals surface area (Å²) in [5.41, 5.74) is -1.01. The van der Waals surface area contributed by atoms with E-state index in [0.717, 1.165) is 6.07 Å². The molecule has 0 aromatic carbocycles. The number of fused-ring (bicyclic) bond motifs is 1. The molecule has 4 rings (SSSR count). The zero-order valence-corrected chi connectivity index (χ0v) is 14.0. The van der Waals surface area contributed by atoms with E-state index in [1.165, 1.54) is 0 Å². The van der Waals surface area contributed by atoms with Crippen LogP contribution in [0.5, 0.6) is 0 Å². The number of halogens is 3. The van der Waals surface area contributed by atoms with E-state index in [0.29, 0.717) is 13.1 Å². The molecule has 1 aromatic heterocycles. The highest BCUT2D eigenvalue weighted by atomic mass is 19.4. The molecule has 2 aliphatic heterocycles. The van der Waals surface area contributed by atoms with Crippen molar-refractivity contribution in [3.8, 4) is 0 Å². The highest BCUT2D eigenvalue weighted by molar-refractivity contribution is 5.68. The van der Waals surface area contributed by atoms with Crippen molar-refractivity contribution in [2.45, 2.75) is 31.7 Å². The van der Waals surface area contributed by atoms with Crippen molar-refractivity contribution in [1.29, 1.82) is 0 Å². The van der Waals surface area contributed by atoms with E-state index in [9.17, 15) is 23.1 Å². The van der Waals surface area contributed by atoms with Crippen LogP contribution < -0.4 is 9.80 Å². The van der Waals surface area contributed by atoms with Crippen molar-refractivity contribution in [3.05, 3.63) is 11.8 Å². The third kappa shape index (κ3) is 2.85. The number of carboxylic acids is 1. The summed E-state index contributed by atoms with van der Waals surface area (Å²) >= 11 is 0. The number of carboxylic acid groups (broad SMARTS) is 1. The van der Waals surface area contributed by atoms with Crippen molar-refractivity contribution in [2.24, 2.45) is 17.8 Å². The van der Waals surface area contributed by atoms with Crippen LogP contribution in [0.4, 0.5) is 24.9 Å². The molecule has 26 heavy (non-hydrogen) atoms. The van der Waals surface area contributed by atoms with Crippen molar-refractivity contribution < 1.29 is 28.2 Å². The van der Waals surface area contributed by atoms with Gasteiger partial charge in [0, 0.05) is 32.1 Å². The smallest absolute Gasteiger partial charge is 0.433 e. The fourth-order valence-corrected chi connectivity index (χ4v) is 4.05. The normalized spacial score (nSPS) is 33.0. The quantitative estimate of drug-likeness (QED) is 0.821. The molecule has 2 N–H and O–H groups in total. The SMILES string of the molecule is C[C@H]1[C@H](O)CN1c1nc(N2C[C@@H]3C(CC(=O)O)[C@@H]3C2)cc(C(F)(F)F)n1. The summed E-state index contributed by atoms with van der Waals surface area (Å²) in [5, 5.41) is 18.5. The molecule has 3 heterocycles. The number of hydrogen-bond acceptors (Lipinski definition) is 6. The van der Waals surface area contributed by atoms with E-state index in [4.69, 9.17) is 5.11 Å². The van der Waals surface area contributed by atoms with Gasteiger partial charge in [-0.15, -0.1) is 0 Å². The fraction of sp³-hybridized carbons (Fsp3) is 0.688. The van der Waals surface area contributed by atoms with Crippen LogP contribution in [-0.2, 0) is 11.0 Å². The van der Waals surface area contributed by atoms with Crippen LogP contribution in [0.3, 0.4) is 0 Å². The van der Waals surface area contributed by atoms with Crippen LogP contribution in [0.2, 0.25) is 0 Å². The maximum Gasteiger partial charge on any atom is 0.433 e. The van der Waals surface area contributed by atoms with Gasteiger partial charge in [-0.1, -0.05) is 0 Å². The summed E-state index contributed by atoms with van der Waals surface area (Å²) in [6, 6.07) is 0.611. The molecule has 3 fully saturated rings. The van der Waals surface area contributed by atoms with Gasteiger partial charge in [-0.05, 0) is 24.7 Å². The minimum atomic E-state index is -4.59. The molecule has 0 radical (unpaired) electrons. The highest BCUT2D eigenvalue weighted by Crippen LogP contribution is 2.54. The Balaban J connectivity index is 1.56. The third-order valence-corrected chi connectivity index (χ3v) is 5.79. The van der Waals surface area contributed by atoms with E-state index in [1.54, 1.807) is 16.7 Å². The van der Waals surface area contributed by atoms with E-state index < -0.39 is 23.9 Å². The molecule has 1 unspecified atom stereocenters. The first-order valence-corrected chi connectivity index (χ1v) is 8.53. The summed E-state index contributed by atoms with van der Waals surface area (Å²) in [6.07, 6.45) is -5.09. The Morgan fingerprint density at radius 2 is 1.92 bits per heavy atom. The predicted octanol–water partition coefficient (Wildman–Crippen LogP) is 1.22. The molecule has 5 atom stereocenters. The van der Waals surface area contributed by atoms with Crippen LogP contribution in [0.15, 0.2) is 6.07 Å². The van der Waals surface area contributed by atoms with Gasteiger partial charge in [0.1, 0.15) is 5.82 Å². The Bertz CT molecular complexity index is 732. The number of aliphatic carboxylic acids is 1. The standard InChI is InChI=1S/C16H19F3N4O3/c1-7-11(24)6-23(7)15-20-12(16(17,18)19)3-13(21-15)22-4-9-8(2-14(25)26)10(9)5-22/h3,7-11,24H,2,4-6H2,1H3,(H,25,26)/t7-,8?,9-,10+,11+/m0/s1. The van der Waals surface area contributed by atoms with Crippen molar-refractivity contribution >= 4 is 17.7 Å². The Labute approximate surface area is 147 Å². The van der Waals surface area contributed by atoms with Crippen LogP contribution in [0, 0.1) is 17.8 Å². The van der Waals surface area contributed by atoms with E-state index >= 15 is 0 Å². The van der Waals surface area contributed by atoms with Crippen molar-refractivity contribution in [1.82, 2.24) is 9.97 Å². The molecular weight excluding hydrogens is 353 g/mol. The number of piperidine rings is 1. The first kappa shape index (κ1) is 17.3. The number of carbonyl (C=O) groups is 1. The van der Waals surface area contributed by atoms with Gasteiger partial charge in [-0.3, -0.25) is 4.79 Å². The number of anilines is 2. The monoisotopic (exact) mass is 372 g/mol. The minimum absolute atomic E-state index is 0.0321. The zero-order valence-electron chi connectivity index (χ0n) is 14.0. The van der Waals surface area contributed by atoms with Gasteiger partial charge < -0.3 is 20.0 Å². The van der Waals surface area contributed by atoms with Crippen LogP contribution in [0.25, 0.3) is 0 Å². The second-order valence-corrected chi connectivity index (χ2v) is 7.36. The maximum atomic E-state index is 13.2. The molecule has 0 bridgehead atoms. The van der Waals surface area contributed by atoms with E-state index in [-0.39, 0.29) is 48.5 Å². The lowest BCUT2D eigenvalue weighted by molar-refractivity contribution is -0.141. The van der Waals surface area contributed by atoms with E-state index in [2.05, 4.69) is 9.97 Å². The number of rotatable bonds is 4. The number of β-amino-alcohol motifs (C(OH)–C–C–N with tert-alkyl or cyclic N) is 1. The molecule has 2 saturated heterocycles. The Morgan fingerprint density at radius 3 is 2.42 bits per heavy atom. The predicted molar refractivity (Wildman–Crippen MR) is 84.8 cm³/mol. The van der Waals surface area contributed by atoms with E-state index in [1.807, 2.05) is 0 Å². The molecule has 1 saturated carbocycles. The van der Waals surface area contributed by atoms with Crippen molar-refractivity contribution in [2.75, 3.05) is 29.4 Å². The van der Waals surface area contributed by atoms with Crippen LogP contribution in [0.1, 0.15) is 19.0 Å². The summed E-state index contributed by atoms with van der Waals surface area (Å²) in [4.78, 5) is 22.1. The fourth-order valence-electron chi connectivity index (χ4n) is 4.05. The Kier molecular flexibility index (Phi) is 3.80. The second kappa shape index (κ2) is 5.70. The topological polar surface area (TPSA) is 89.8 Å². The van der Waals surface area contributed by atoms with Crippen LogP contribution in [-0.4, -0.2) is 57.9 Å². The Morgan fingerprint density at radius 1 is 1.27 bits per heavy atom. The summed E-state index contributed by atoms with van der Waals surface area (Å²) < 4.78 is 39.7. The summed E-state index contributed by atoms with van der Waals surface area (Å²) in [5.74, 6) is -0.164. The average molecular weight is 372 g/mol. The van der Waals surface area contributed by atoms with Gasteiger partial charge in [0.05, 0.1) is 12.1 Å². The number of hydrogen-bond donors (Lipinski definition) is 2. The first-order valence-electron chi connectivity index (χ1n) is 8.53. The highest BCUT2D eigenvalue weighted by Gasteiger charge is 2.56. The summed E-state index contributed by atoms with van der Waals surface area (Å²) in [7, 11) is 0. The molecule has 142 valence electrons. The maximum absolute atomic E-state index is 13.2. The second-order valence-electron chi connectivity index (χ2n) is 7.36. The van der Waals surface area contributed by atoms with Crippen LogP contribution >= 0.6 is 0 Å². The average Bonchev–Trinajstić information content (AvgIpc) is 3.00. The van der Waals surface area contributed by atoms with Crippen molar-refractivity contribution in [3.63, 3.8) is 0 Å². The molecule has 10 heteroatoms. The van der Waals surface area contributed by atoms with Gasteiger partial charge >= 0.3 is 12.1 Å². The first-order chi connectivity index (χ1) is 12.1. The minimum Gasteiger partial charge on any atom is -0.481 e. The molecule has 0 amide bonds. The number of aromatic nitrogens is 2. The summed E-state index contributed by atoms with van der Waals surface area (Å²) in [6.45, 7) is 2.93.